The van der Waals surface area contributed by atoms with Crippen molar-refractivity contribution in [3.05, 3.63) is 46.8 Å². The molecular formula is C26H36N4O5. The molecule has 1 aromatic carbocycles. The first-order valence-electron chi connectivity index (χ1n) is 12.6. The summed E-state index contributed by atoms with van der Waals surface area (Å²) in [6.07, 6.45) is 6.07. The van der Waals surface area contributed by atoms with Crippen LogP contribution < -0.4 is 15.4 Å². The van der Waals surface area contributed by atoms with Crippen LogP contribution in [-0.2, 0) is 6.61 Å². The van der Waals surface area contributed by atoms with Gasteiger partial charge in [0, 0.05) is 24.7 Å². The smallest absolute Gasteiger partial charge is 0.317 e. The first-order chi connectivity index (χ1) is 16.9. The van der Waals surface area contributed by atoms with Crippen LogP contribution in [0.2, 0.25) is 0 Å². The summed E-state index contributed by atoms with van der Waals surface area (Å²) in [5, 5.41) is 20.6. The lowest BCUT2D eigenvalue weighted by Gasteiger charge is -2.30. The zero-order chi connectivity index (χ0) is 24.8. The standard InChI is InChI=1S/C26H36N4O5/c1-17-22(18(2)35-29-17)16-34-21-12-10-19(11-13-21)25(32)28-23-15-30(14-6-9-24(23)31)26(33)27-20-7-4-3-5-8-20/h10-13,20,23-24,31H,3-9,14-16H2,1-2H3,(H,27,33)(H,28,32). The van der Waals surface area contributed by atoms with E-state index in [-0.39, 0.29) is 24.5 Å². The largest absolute Gasteiger partial charge is 0.489 e. The van der Waals surface area contributed by atoms with E-state index in [4.69, 9.17) is 9.26 Å². The molecule has 1 aromatic heterocycles. The zero-order valence-electron chi connectivity index (χ0n) is 20.6. The van der Waals surface area contributed by atoms with Gasteiger partial charge in [-0.1, -0.05) is 24.4 Å². The first-order valence-corrected chi connectivity index (χ1v) is 12.6. The molecule has 2 heterocycles. The molecular weight excluding hydrogens is 448 g/mol. The molecule has 4 rings (SSSR count). The van der Waals surface area contributed by atoms with Gasteiger partial charge in [0.25, 0.3) is 5.91 Å². The molecule has 1 saturated carbocycles. The normalized spacial score (nSPS) is 21.3. The van der Waals surface area contributed by atoms with E-state index in [9.17, 15) is 14.7 Å². The second-order valence-electron chi connectivity index (χ2n) is 9.64. The van der Waals surface area contributed by atoms with Crippen molar-refractivity contribution in [3.63, 3.8) is 0 Å². The van der Waals surface area contributed by atoms with E-state index in [1.807, 2.05) is 13.8 Å². The molecule has 0 spiro atoms. The van der Waals surface area contributed by atoms with Gasteiger partial charge in [0.05, 0.1) is 23.4 Å². The highest BCUT2D eigenvalue weighted by molar-refractivity contribution is 5.94. The summed E-state index contributed by atoms with van der Waals surface area (Å²) >= 11 is 0. The fourth-order valence-corrected chi connectivity index (χ4v) is 4.80. The number of hydrogen-bond acceptors (Lipinski definition) is 6. The maximum atomic E-state index is 12.9. The van der Waals surface area contributed by atoms with Gasteiger partial charge < -0.3 is 29.9 Å². The number of ether oxygens (including phenoxy) is 1. The van der Waals surface area contributed by atoms with Crippen LogP contribution >= 0.6 is 0 Å². The Labute approximate surface area is 206 Å². The quantitative estimate of drug-likeness (QED) is 0.578. The van der Waals surface area contributed by atoms with E-state index in [1.54, 1.807) is 29.2 Å². The third-order valence-electron chi connectivity index (χ3n) is 7.03. The summed E-state index contributed by atoms with van der Waals surface area (Å²) in [7, 11) is 0. The van der Waals surface area contributed by atoms with Gasteiger partial charge in [0.1, 0.15) is 18.1 Å². The minimum absolute atomic E-state index is 0.106. The predicted octanol–water partition coefficient (Wildman–Crippen LogP) is 3.47. The molecule has 9 nitrogen and oxygen atoms in total. The number of nitrogens with one attached hydrogen (secondary N) is 2. The van der Waals surface area contributed by atoms with Crippen molar-refractivity contribution in [2.45, 2.75) is 83.6 Å². The van der Waals surface area contributed by atoms with Gasteiger partial charge in [0.15, 0.2) is 0 Å². The van der Waals surface area contributed by atoms with Crippen LogP contribution in [0.4, 0.5) is 4.79 Å². The van der Waals surface area contributed by atoms with Crippen LogP contribution in [-0.4, -0.2) is 58.4 Å². The van der Waals surface area contributed by atoms with Crippen molar-refractivity contribution in [3.8, 4) is 5.75 Å². The Bertz CT molecular complexity index is 980. The Kier molecular flexibility index (Phi) is 8.28. The van der Waals surface area contributed by atoms with E-state index in [2.05, 4.69) is 15.8 Å². The van der Waals surface area contributed by atoms with Crippen molar-refractivity contribution in [2.75, 3.05) is 13.1 Å². The third kappa shape index (κ3) is 6.54. The molecule has 1 aliphatic heterocycles. The molecule has 2 atom stereocenters. The van der Waals surface area contributed by atoms with Gasteiger partial charge in [-0.25, -0.2) is 4.79 Å². The molecule has 2 aromatic rings. The number of aryl methyl sites for hydroxylation is 2. The number of aromatic nitrogens is 1. The molecule has 35 heavy (non-hydrogen) atoms. The molecule has 2 aliphatic rings. The number of urea groups is 1. The average molecular weight is 485 g/mol. The molecule has 2 fully saturated rings. The molecule has 0 radical (unpaired) electrons. The molecule has 9 heteroatoms. The van der Waals surface area contributed by atoms with E-state index in [1.165, 1.54) is 6.42 Å². The number of carbonyl (C=O) groups excluding carboxylic acids is 2. The number of aliphatic hydroxyl groups is 1. The Morgan fingerprint density at radius 3 is 2.51 bits per heavy atom. The third-order valence-corrected chi connectivity index (χ3v) is 7.03. The number of hydrogen-bond donors (Lipinski definition) is 3. The first kappa shape index (κ1) is 25.0. The Morgan fingerprint density at radius 2 is 1.83 bits per heavy atom. The topological polar surface area (TPSA) is 117 Å². The van der Waals surface area contributed by atoms with Crippen molar-refractivity contribution < 1.29 is 24.0 Å². The maximum Gasteiger partial charge on any atom is 0.317 e. The molecule has 2 unspecified atom stereocenters. The van der Waals surface area contributed by atoms with Crippen molar-refractivity contribution in [2.24, 2.45) is 0 Å². The van der Waals surface area contributed by atoms with Crippen LogP contribution in [0.25, 0.3) is 0 Å². The fourth-order valence-electron chi connectivity index (χ4n) is 4.80. The molecule has 1 aliphatic carbocycles. The lowest BCUT2D eigenvalue weighted by molar-refractivity contribution is 0.0808. The fraction of sp³-hybridized carbons (Fsp3) is 0.577. The Balaban J connectivity index is 1.32. The molecule has 190 valence electrons. The SMILES string of the molecule is Cc1noc(C)c1COc1ccc(C(=O)NC2CN(C(=O)NC3CCCCC3)CCCC2O)cc1. The number of nitrogens with zero attached hydrogens (tertiary/aromatic N) is 2. The maximum absolute atomic E-state index is 12.9. The van der Waals surface area contributed by atoms with Gasteiger partial charge >= 0.3 is 6.03 Å². The summed E-state index contributed by atoms with van der Waals surface area (Å²) in [6, 6.07) is 6.43. The van der Waals surface area contributed by atoms with Gasteiger partial charge in [-0.05, 0) is 63.8 Å². The van der Waals surface area contributed by atoms with Gasteiger partial charge in [-0.2, -0.15) is 0 Å². The number of amides is 3. The van der Waals surface area contributed by atoms with Gasteiger partial charge in [-0.3, -0.25) is 4.79 Å². The summed E-state index contributed by atoms with van der Waals surface area (Å²) in [5.74, 6) is 1.06. The molecule has 3 N–H and O–H groups in total. The second kappa shape index (κ2) is 11.6. The lowest BCUT2D eigenvalue weighted by Crippen LogP contribution is -2.53. The number of aliphatic hydroxyl groups excluding tert-OH is 1. The molecule has 0 bridgehead atoms. The number of likely N-dealkylation sites (tertiary alicyclic amines) is 1. The van der Waals surface area contributed by atoms with Gasteiger partial charge in [0.2, 0.25) is 0 Å². The van der Waals surface area contributed by atoms with Gasteiger partial charge in [-0.15, -0.1) is 0 Å². The van der Waals surface area contributed by atoms with E-state index < -0.39 is 12.1 Å². The number of rotatable bonds is 6. The second-order valence-corrected chi connectivity index (χ2v) is 9.64. The summed E-state index contributed by atoms with van der Waals surface area (Å²) < 4.78 is 11.0. The van der Waals surface area contributed by atoms with Crippen LogP contribution in [0.15, 0.2) is 28.8 Å². The zero-order valence-corrected chi connectivity index (χ0v) is 20.6. The highest BCUT2D eigenvalue weighted by Crippen LogP contribution is 2.20. The number of benzene rings is 1. The highest BCUT2D eigenvalue weighted by Gasteiger charge is 2.30. The Hall–Kier alpha value is -3.07. The minimum Gasteiger partial charge on any atom is -0.489 e. The molecule has 1 saturated heterocycles. The predicted molar refractivity (Wildman–Crippen MR) is 130 cm³/mol. The highest BCUT2D eigenvalue weighted by atomic mass is 16.5. The lowest BCUT2D eigenvalue weighted by atomic mass is 9.96. The summed E-state index contributed by atoms with van der Waals surface area (Å²) in [5.41, 5.74) is 2.16. The minimum atomic E-state index is -0.705. The van der Waals surface area contributed by atoms with E-state index in [0.29, 0.717) is 37.3 Å². The summed E-state index contributed by atoms with van der Waals surface area (Å²) in [4.78, 5) is 27.5. The van der Waals surface area contributed by atoms with Crippen molar-refractivity contribution >= 4 is 11.9 Å². The monoisotopic (exact) mass is 484 g/mol. The average Bonchev–Trinajstić information content (AvgIpc) is 3.06. The Morgan fingerprint density at radius 1 is 1.09 bits per heavy atom. The van der Waals surface area contributed by atoms with Crippen molar-refractivity contribution in [1.29, 1.82) is 0 Å². The van der Waals surface area contributed by atoms with Crippen LogP contribution in [0.1, 0.15) is 72.3 Å². The van der Waals surface area contributed by atoms with Crippen LogP contribution in [0, 0.1) is 13.8 Å². The van der Waals surface area contributed by atoms with Crippen LogP contribution in [0.3, 0.4) is 0 Å². The van der Waals surface area contributed by atoms with Crippen molar-refractivity contribution in [1.82, 2.24) is 20.7 Å². The summed E-state index contributed by atoms with van der Waals surface area (Å²) in [6.45, 7) is 4.89. The van der Waals surface area contributed by atoms with E-state index in [0.717, 1.165) is 42.7 Å². The molecule has 3 amide bonds. The van der Waals surface area contributed by atoms with E-state index >= 15 is 0 Å². The van der Waals surface area contributed by atoms with Crippen LogP contribution in [0.5, 0.6) is 5.75 Å². The number of carbonyl (C=O) groups is 2.